The lowest BCUT2D eigenvalue weighted by atomic mass is 10.3. The van der Waals surface area contributed by atoms with Crippen molar-refractivity contribution in [2.75, 3.05) is 10.2 Å². The Labute approximate surface area is 184 Å². The Balaban J connectivity index is 1.64. The lowest BCUT2D eigenvalue weighted by Crippen LogP contribution is -2.31. The first-order chi connectivity index (χ1) is 13.8. The molecule has 148 valence electrons. The van der Waals surface area contributed by atoms with Crippen molar-refractivity contribution in [2.45, 2.75) is 16.6 Å². The Morgan fingerprint density at radius 1 is 1.07 bits per heavy atom. The maximum absolute atomic E-state index is 12.7. The molecule has 1 unspecified atom stereocenters. The van der Waals surface area contributed by atoms with Gasteiger partial charge in [0.2, 0.25) is 17.7 Å². The van der Waals surface area contributed by atoms with Gasteiger partial charge in [-0.2, -0.15) is 0 Å². The van der Waals surface area contributed by atoms with Crippen LogP contribution in [-0.2, 0) is 19.2 Å². The van der Waals surface area contributed by atoms with Crippen LogP contribution in [0.3, 0.4) is 0 Å². The van der Waals surface area contributed by atoms with E-state index in [4.69, 9.17) is 5.11 Å². The van der Waals surface area contributed by atoms with E-state index in [0.29, 0.717) is 11.4 Å². The number of benzene rings is 2. The van der Waals surface area contributed by atoms with Crippen molar-refractivity contribution in [3.63, 3.8) is 0 Å². The lowest BCUT2D eigenvalue weighted by molar-refractivity contribution is -0.131. The summed E-state index contributed by atoms with van der Waals surface area (Å²) in [5.74, 6) is -2.25. The molecule has 0 aromatic heterocycles. The van der Waals surface area contributed by atoms with Crippen LogP contribution in [0.4, 0.5) is 11.4 Å². The van der Waals surface area contributed by atoms with E-state index < -0.39 is 17.1 Å². The molecule has 1 saturated heterocycles. The molecule has 7 nitrogen and oxygen atoms in total. The topological polar surface area (TPSA) is 104 Å². The fourth-order valence-corrected chi connectivity index (χ4v) is 4.08. The molecule has 3 rings (SSSR count). The molecule has 3 amide bonds. The van der Waals surface area contributed by atoms with Gasteiger partial charge in [0.1, 0.15) is 0 Å². The average Bonchev–Trinajstić information content (AvgIpc) is 2.96. The van der Waals surface area contributed by atoms with Crippen molar-refractivity contribution in [1.82, 2.24) is 0 Å². The van der Waals surface area contributed by atoms with Crippen LogP contribution in [0.15, 0.2) is 65.6 Å². The summed E-state index contributed by atoms with van der Waals surface area (Å²) in [6, 6.07) is 13.9. The van der Waals surface area contributed by atoms with E-state index in [-0.39, 0.29) is 18.2 Å². The van der Waals surface area contributed by atoms with Gasteiger partial charge in [0.25, 0.3) is 0 Å². The highest BCUT2D eigenvalue weighted by Crippen LogP contribution is 2.34. The maximum Gasteiger partial charge on any atom is 0.328 e. The molecule has 2 aromatic rings. The van der Waals surface area contributed by atoms with Gasteiger partial charge in [-0.15, -0.1) is 11.8 Å². The molecule has 0 spiro atoms. The summed E-state index contributed by atoms with van der Waals surface area (Å²) in [5.41, 5.74) is 1.06. The van der Waals surface area contributed by atoms with Crippen LogP contribution < -0.4 is 10.2 Å². The molecule has 1 aliphatic heterocycles. The Kier molecular flexibility index (Phi) is 6.70. The van der Waals surface area contributed by atoms with Gasteiger partial charge in [-0.05, 0) is 71.1 Å². The van der Waals surface area contributed by atoms with Crippen LogP contribution in [0.1, 0.15) is 6.42 Å². The Bertz CT molecular complexity index is 989. The molecule has 0 aliphatic carbocycles. The molecule has 2 aromatic carbocycles. The zero-order chi connectivity index (χ0) is 21.0. The summed E-state index contributed by atoms with van der Waals surface area (Å²) in [5, 5.41) is 10.5. The Hall–Kier alpha value is -2.66. The first kappa shape index (κ1) is 21.1. The van der Waals surface area contributed by atoms with Gasteiger partial charge < -0.3 is 10.4 Å². The number of imide groups is 1. The van der Waals surface area contributed by atoms with Crippen molar-refractivity contribution < 1.29 is 24.3 Å². The number of carbonyl (C=O) groups is 4. The fraction of sp³-hybridized carbons (Fsp3) is 0.100. The number of halogens is 1. The highest BCUT2D eigenvalue weighted by Gasteiger charge is 2.40. The van der Waals surface area contributed by atoms with Gasteiger partial charge in [0.15, 0.2) is 0 Å². The molecule has 1 fully saturated rings. The summed E-state index contributed by atoms with van der Waals surface area (Å²) in [6.07, 6.45) is 1.79. The Morgan fingerprint density at radius 3 is 2.34 bits per heavy atom. The highest BCUT2D eigenvalue weighted by molar-refractivity contribution is 14.1. The molecule has 1 atom stereocenters. The van der Waals surface area contributed by atoms with E-state index in [1.165, 1.54) is 16.7 Å². The number of thioether (sulfide) groups is 1. The van der Waals surface area contributed by atoms with Crippen molar-refractivity contribution in [1.29, 1.82) is 0 Å². The van der Waals surface area contributed by atoms with E-state index in [1.54, 1.807) is 36.4 Å². The molecule has 29 heavy (non-hydrogen) atoms. The largest absolute Gasteiger partial charge is 0.478 e. The molecular weight excluding hydrogens is 507 g/mol. The average molecular weight is 522 g/mol. The first-order valence-electron chi connectivity index (χ1n) is 8.44. The molecular formula is C20H15IN2O5S. The van der Waals surface area contributed by atoms with E-state index in [9.17, 15) is 19.2 Å². The third-order valence-corrected chi connectivity index (χ3v) is 5.88. The maximum atomic E-state index is 12.7. The number of carboxylic acids is 1. The fourth-order valence-electron chi connectivity index (χ4n) is 2.67. The normalized spacial score (nSPS) is 16.4. The summed E-state index contributed by atoms with van der Waals surface area (Å²) in [6.45, 7) is 0. The molecule has 2 N–H and O–H groups in total. The number of aliphatic carboxylic acids is 1. The second-order valence-corrected chi connectivity index (χ2v) is 8.56. The first-order valence-corrected chi connectivity index (χ1v) is 10.4. The number of hydrogen-bond donors (Lipinski definition) is 2. The van der Waals surface area contributed by atoms with Gasteiger partial charge in [-0.3, -0.25) is 14.4 Å². The molecule has 9 heteroatoms. The minimum Gasteiger partial charge on any atom is -0.478 e. The zero-order valence-electron chi connectivity index (χ0n) is 14.9. The lowest BCUT2D eigenvalue weighted by Gasteiger charge is -2.15. The molecule has 1 heterocycles. The highest BCUT2D eigenvalue weighted by atomic mass is 127. The van der Waals surface area contributed by atoms with E-state index in [2.05, 4.69) is 27.9 Å². The van der Waals surface area contributed by atoms with E-state index in [0.717, 1.165) is 20.6 Å². The number of carbonyl (C=O) groups excluding carboxylic acids is 3. The number of hydrogen-bond acceptors (Lipinski definition) is 5. The van der Waals surface area contributed by atoms with Crippen LogP contribution in [0.2, 0.25) is 0 Å². The number of nitrogens with one attached hydrogen (secondary N) is 1. The third kappa shape index (κ3) is 5.45. The van der Waals surface area contributed by atoms with Crippen LogP contribution >= 0.6 is 34.4 Å². The van der Waals surface area contributed by atoms with Crippen LogP contribution in [-0.4, -0.2) is 34.0 Å². The smallest absolute Gasteiger partial charge is 0.328 e. The number of rotatable bonds is 6. The number of nitrogens with zero attached hydrogens (tertiary/aromatic N) is 1. The number of anilines is 2. The van der Waals surface area contributed by atoms with Crippen LogP contribution in [0.5, 0.6) is 0 Å². The molecule has 0 bridgehead atoms. The monoisotopic (exact) mass is 522 g/mol. The van der Waals surface area contributed by atoms with Gasteiger partial charge in [-0.1, -0.05) is 0 Å². The quantitative estimate of drug-likeness (QED) is 0.343. The SMILES string of the molecule is O=C(O)/C=C/C(=O)Nc1ccc(SC2CC(=O)N(c3ccc(I)cc3)C2=O)cc1. The van der Waals surface area contributed by atoms with Crippen molar-refractivity contribution in [2.24, 2.45) is 0 Å². The van der Waals surface area contributed by atoms with Crippen LogP contribution in [0, 0.1) is 3.57 Å². The van der Waals surface area contributed by atoms with Gasteiger partial charge >= 0.3 is 5.97 Å². The predicted octanol–water partition coefficient (Wildman–Crippen LogP) is 3.29. The van der Waals surface area contributed by atoms with Gasteiger partial charge in [0, 0.05) is 32.7 Å². The van der Waals surface area contributed by atoms with Crippen molar-refractivity contribution >= 4 is 69.4 Å². The van der Waals surface area contributed by atoms with E-state index >= 15 is 0 Å². The number of amides is 3. The Morgan fingerprint density at radius 2 is 1.72 bits per heavy atom. The molecule has 0 saturated carbocycles. The summed E-state index contributed by atoms with van der Waals surface area (Å²) < 4.78 is 1.02. The van der Waals surface area contributed by atoms with Gasteiger partial charge in [0.05, 0.1) is 10.9 Å². The summed E-state index contributed by atoms with van der Waals surface area (Å²) >= 11 is 3.45. The second-order valence-electron chi connectivity index (χ2n) is 6.04. The zero-order valence-corrected chi connectivity index (χ0v) is 17.8. The van der Waals surface area contributed by atoms with Crippen molar-refractivity contribution in [3.05, 3.63) is 64.3 Å². The third-order valence-electron chi connectivity index (χ3n) is 3.97. The van der Waals surface area contributed by atoms with E-state index in [1.807, 2.05) is 12.1 Å². The summed E-state index contributed by atoms with van der Waals surface area (Å²) in [4.78, 5) is 49.1. The standard InChI is InChI=1S/C20H15IN2O5S/c21-12-1-5-14(6-2-12)23-18(25)11-16(20(23)28)29-15-7-3-13(4-8-15)22-17(24)9-10-19(26)27/h1-10,16H,11H2,(H,22,24)(H,26,27)/b10-9+. The minimum atomic E-state index is -1.21. The van der Waals surface area contributed by atoms with Crippen LogP contribution in [0.25, 0.3) is 0 Å². The second kappa shape index (κ2) is 9.23. The predicted molar refractivity (Wildman–Crippen MR) is 118 cm³/mol. The molecule has 0 radical (unpaired) electrons. The van der Waals surface area contributed by atoms with Crippen molar-refractivity contribution in [3.8, 4) is 0 Å². The summed E-state index contributed by atoms with van der Waals surface area (Å²) in [7, 11) is 0. The van der Waals surface area contributed by atoms with Gasteiger partial charge in [-0.25, -0.2) is 9.69 Å². The minimum absolute atomic E-state index is 0.119. The number of carboxylic acid groups (broad SMARTS) is 1. The molecule has 1 aliphatic rings.